The molecule has 2 rings (SSSR count). The fourth-order valence-electron chi connectivity index (χ4n) is 1.65. The van der Waals surface area contributed by atoms with Crippen molar-refractivity contribution in [2.75, 3.05) is 0 Å². The second kappa shape index (κ2) is 4.00. The molecule has 0 radical (unpaired) electrons. The van der Waals surface area contributed by atoms with E-state index in [4.69, 9.17) is 0 Å². The third kappa shape index (κ3) is 1.81. The van der Waals surface area contributed by atoms with Crippen LogP contribution in [0.15, 0.2) is 30.3 Å². The van der Waals surface area contributed by atoms with Crippen LogP contribution in [0.1, 0.15) is 31.0 Å². The van der Waals surface area contributed by atoms with Gasteiger partial charge in [0.05, 0.1) is 11.4 Å². The van der Waals surface area contributed by atoms with E-state index in [2.05, 4.69) is 18.9 Å². The smallest absolute Gasteiger partial charge is 0.214 e. The highest BCUT2D eigenvalue weighted by atomic mass is 16.3. The molecule has 0 unspecified atom stereocenters. The largest absolute Gasteiger partial charge is 0.493 e. The Labute approximate surface area is 95.3 Å². The molecule has 1 N–H and O–H groups in total. The van der Waals surface area contributed by atoms with Crippen LogP contribution in [0, 0.1) is 6.92 Å². The molecule has 0 saturated heterocycles. The first kappa shape index (κ1) is 10.7. The van der Waals surface area contributed by atoms with Gasteiger partial charge in [-0.15, -0.1) is 0 Å². The molecule has 2 aromatic rings. The summed E-state index contributed by atoms with van der Waals surface area (Å²) in [5, 5.41) is 14.3. The molecule has 0 atom stereocenters. The first-order valence-electron chi connectivity index (χ1n) is 5.44. The summed E-state index contributed by atoms with van der Waals surface area (Å²) in [7, 11) is 0. The number of aromatic nitrogens is 2. The van der Waals surface area contributed by atoms with Gasteiger partial charge in [-0.2, -0.15) is 5.10 Å². The summed E-state index contributed by atoms with van der Waals surface area (Å²) in [6, 6.07) is 9.59. The highest BCUT2D eigenvalue weighted by molar-refractivity contribution is 5.42. The number of aromatic hydroxyl groups is 1. The van der Waals surface area contributed by atoms with E-state index >= 15 is 0 Å². The van der Waals surface area contributed by atoms with Gasteiger partial charge in [-0.3, -0.25) is 0 Å². The molecule has 0 amide bonds. The number of nitrogens with zero attached hydrogens (tertiary/aromatic N) is 2. The molecule has 1 aromatic carbocycles. The van der Waals surface area contributed by atoms with Gasteiger partial charge < -0.3 is 5.11 Å². The average molecular weight is 216 g/mol. The Morgan fingerprint density at radius 3 is 2.50 bits per heavy atom. The third-order valence-corrected chi connectivity index (χ3v) is 2.64. The van der Waals surface area contributed by atoms with Gasteiger partial charge >= 0.3 is 0 Å². The van der Waals surface area contributed by atoms with Gasteiger partial charge in [0.15, 0.2) is 0 Å². The number of para-hydroxylation sites is 1. The second-order valence-electron chi connectivity index (χ2n) is 4.28. The first-order chi connectivity index (χ1) is 7.59. The van der Waals surface area contributed by atoms with Gasteiger partial charge in [-0.25, -0.2) is 4.68 Å². The number of rotatable bonds is 2. The average Bonchev–Trinajstić information content (AvgIpc) is 2.61. The van der Waals surface area contributed by atoms with Crippen LogP contribution in [0.3, 0.4) is 0 Å². The van der Waals surface area contributed by atoms with Crippen molar-refractivity contribution in [3.05, 3.63) is 41.6 Å². The maximum atomic E-state index is 9.86. The van der Waals surface area contributed by atoms with Gasteiger partial charge in [-0.05, 0) is 24.5 Å². The number of aryl methyl sites for hydroxylation is 1. The monoisotopic (exact) mass is 216 g/mol. The van der Waals surface area contributed by atoms with Crippen molar-refractivity contribution in [1.29, 1.82) is 0 Å². The predicted octanol–water partition coefficient (Wildman–Crippen LogP) is 3.01. The van der Waals surface area contributed by atoms with E-state index < -0.39 is 0 Å². The maximum absolute atomic E-state index is 9.86. The predicted molar refractivity (Wildman–Crippen MR) is 64.1 cm³/mol. The number of hydrogen-bond acceptors (Lipinski definition) is 2. The van der Waals surface area contributed by atoms with Crippen molar-refractivity contribution in [3.8, 4) is 11.6 Å². The fourth-order valence-corrected chi connectivity index (χ4v) is 1.65. The zero-order valence-corrected chi connectivity index (χ0v) is 9.81. The van der Waals surface area contributed by atoms with Crippen molar-refractivity contribution >= 4 is 0 Å². The molecule has 1 aromatic heterocycles. The molecule has 0 fully saturated rings. The summed E-state index contributed by atoms with van der Waals surface area (Å²) in [5.41, 5.74) is 2.92. The lowest BCUT2D eigenvalue weighted by atomic mass is 10.1. The molecule has 3 heteroatoms. The van der Waals surface area contributed by atoms with Crippen LogP contribution in [-0.2, 0) is 0 Å². The topological polar surface area (TPSA) is 38.0 Å². The summed E-state index contributed by atoms with van der Waals surface area (Å²) >= 11 is 0. The van der Waals surface area contributed by atoms with Gasteiger partial charge in [-0.1, -0.05) is 32.0 Å². The van der Waals surface area contributed by atoms with Crippen LogP contribution >= 0.6 is 0 Å². The minimum Gasteiger partial charge on any atom is -0.493 e. The van der Waals surface area contributed by atoms with Crippen LogP contribution < -0.4 is 0 Å². The lowest BCUT2D eigenvalue weighted by Crippen LogP contribution is -1.99. The molecule has 0 saturated carbocycles. The van der Waals surface area contributed by atoms with Crippen molar-refractivity contribution < 1.29 is 5.11 Å². The molecular weight excluding hydrogens is 200 g/mol. The zero-order chi connectivity index (χ0) is 11.7. The van der Waals surface area contributed by atoms with Crippen LogP contribution in [0.4, 0.5) is 0 Å². The summed E-state index contributed by atoms with van der Waals surface area (Å²) in [6.45, 7) is 6.12. The van der Waals surface area contributed by atoms with Crippen molar-refractivity contribution in [2.45, 2.75) is 26.7 Å². The van der Waals surface area contributed by atoms with E-state index in [1.807, 2.05) is 31.2 Å². The minimum atomic E-state index is 0.193. The van der Waals surface area contributed by atoms with E-state index in [-0.39, 0.29) is 5.88 Å². The Hall–Kier alpha value is -1.77. The Kier molecular flexibility index (Phi) is 2.69. The molecule has 84 valence electrons. The molecule has 16 heavy (non-hydrogen) atoms. The Bertz CT molecular complexity index is 500. The molecule has 0 bridgehead atoms. The van der Waals surface area contributed by atoms with E-state index in [1.165, 1.54) is 0 Å². The van der Waals surface area contributed by atoms with Crippen LogP contribution in [0.25, 0.3) is 5.69 Å². The fraction of sp³-hybridized carbons (Fsp3) is 0.308. The summed E-state index contributed by atoms with van der Waals surface area (Å²) in [6.07, 6.45) is 0. The van der Waals surface area contributed by atoms with E-state index in [0.29, 0.717) is 5.92 Å². The summed E-state index contributed by atoms with van der Waals surface area (Å²) in [5.74, 6) is 0.508. The lowest BCUT2D eigenvalue weighted by molar-refractivity contribution is 0.433. The second-order valence-corrected chi connectivity index (χ2v) is 4.28. The first-order valence-corrected chi connectivity index (χ1v) is 5.44. The standard InChI is InChI=1S/C13H16N2O/c1-9(2)11-8-13(16)15(14-11)12-7-5-4-6-10(12)3/h4-9,16H,1-3H3. The number of hydrogen-bond donors (Lipinski definition) is 1. The van der Waals surface area contributed by atoms with Gasteiger partial charge in [0.25, 0.3) is 0 Å². The molecule has 0 aliphatic rings. The number of benzene rings is 1. The lowest BCUT2D eigenvalue weighted by Gasteiger charge is -2.06. The summed E-state index contributed by atoms with van der Waals surface area (Å²) in [4.78, 5) is 0. The highest BCUT2D eigenvalue weighted by Gasteiger charge is 2.11. The van der Waals surface area contributed by atoms with Gasteiger partial charge in [0.2, 0.25) is 5.88 Å². The zero-order valence-electron chi connectivity index (χ0n) is 9.81. The van der Waals surface area contributed by atoms with Crippen LogP contribution in [0.5, 0.6) is 5.88 Å². The SMILES string of the molecule is Cc1ccccc1-n1nc(C(C)C)cc1O. The molecule has 0 spiro atoms. The normalized spacial score (nSPS) is 11.0. The maximum Gasteiger partial charge on any atom is 0.214 e. The molecular formula is C13H16N2O. The molecule has 1 heterocycles. The minimum absolute atomic E-state index is 0.193. The highest BCUT2D eigenvalue weighted by Crippen LogP contribution is 2.23. The Morgan fingerprint density at radius 1 is 1.25 bits per heavy atom. The van der Waals surface area contributed by atoms with Crippen LogP contribution in [-0.4, -0.2) is 14.9 Å². The van der Waals surface area contributed by atoms with Crippen molar-refractivity contribution in [3.63, 3.8) is 0 Å². The molecule has 0 aliphatic carbocycles. The molecule has 3 nitrogen and oxygen atoms in total. The van der Waals surface area contributed by atoms with Gasteiger partial charge in [0.1, 0.15) is 0 Å². The van der Waals surface area contributed by atoms with E-state index in [9.17, 15) is 5.11 Å². The third-order valence-electron chi connectivity index (χ3n) is 2.64. The van der Waals surface area contributed by atoms with Crippen molar-refractivity contribution in [2.24, 2.45) is 0 Å². The quantitative estimate of drug-likeness (QED) is 0.838. The Morgan fingerprint density at radius 2 is 1.94 bits per heavy atom. The summed E-state index contributed by atoms with van der Waals surface area (Å²) < 4.78 is 1.59. The van der Waals surface area contributed by atoms with E-state index in [1.54, 1.807) is 10.7 Å². The van der Waals surface area contributed by atoms with Crippen LogP contribution in [0.2, 0.25) is 0 Å². The molecule has 0 aliphatic heterocycles. The Balaban J connectivity index is 2.52. The van der Waals surface area contributed by atoms with Crippen molar-refractivity contribution in [1.82, 2.24) is 9.78 Å². The van der Waals surface area contributed by atoms with Gasteiger partial charge in [0, 0.05) is 6.07 Å². The van der Waals surface area contributed by atoms with E-state index in [0.717, 1.165) is 16.9 Å².